The number of para-hydroxylation sites is 2. The first-order valence-electron chi connectivity index (χ1n) is 8.70. The van der Waals surface area contributed by atoms with Gasteiger partial charge in [0.25, 0.3) is 0 Å². The van der Waals surface area contributed by atoms with Gasteiger partial charge >= 0.3 is 0 Å². The van der Waals surface area contributed by atoms with Crippen LogP contribution in [0.4, 0.5) is 0 Å². The maximum Gasteiger partial charge on any atom is 0.125 e. The van der Waals surface area contributed by atoms with Gasteiger partial charge in [-0.2, -0.15) is 0 Å². The van der Waals surface area contributed by atoms with Crippen LogP contribution in [0.3, 0.4) is 0 Å². The van der Waals surface area contributed by atoms with E-state index >= 15 is 0 Å². The van der Waals surface area contributed by atoms with E-state index in [9.17, 15) is 10.2 Å². The van der Waals surface area contributed by atoms with Crippen LogP contribution in [0, 0.1) is 0 Å². The Balaban J connectivity index is 1.78. The molecule has 0 bridgehead atoms. The second kappa shape index (κ2) is 6.28. The van der Waals surface area contributed by atoms with Gasteiger partial charge in [-0.1, -0.05) is 24.3 Å². The van der Waals surface area contributed by atoms with Crippen molar-refractivity contribution in [2.45, 2.75) is 0 Å². The molecule has 0 unspecified atom stereocenters. The topological polar surface area (TPSA) is 92.0 Å². The lowest BCUT2D eigenvalue weighted by Gasteiger charge is -2.08. The molecule has 0 saturated carbocycles. The first-order valence-corrected chi connectivity index (χ1v) is 8.70. The molecular formula is C22H14N4O2. The lowest BCUT2D eigenvalue weighted by molar-refractivity contribution is 0.476. The summed E-state index contributed by atoms with van der Waals surface area (Å²) in [5, 5.41) is 20.3. The first kappa shape index (κ1) is 16.1. The molecule has 3 aromatic carbocycles. The largest absolute Gasteiger partial charge is 0.507 e. The molecule has 2 N–H and O–H groups in total. The number of aromatic hydroxyl groups is 2. The number of rotatable bonds is 2. The van der Waals surface area contributed by atoms with Crippen LogP contribution in [0.5, 0.6) is 11.5 Å². The average Bonchev–Trinajstić information content (AvgIpc) is 2.74. The lowest BCUT2D eigenvalue weighted by atomic mass is 10.1. The summed E-state index contributed by atoms with van der Waals surface area (Å²) in [6.07, 6.45) is 3.26. The standard InChI is InChI=1S/C22H14N4O2/c27-19-7-3-1-5-13(19)17-11-23-15-9-10-16-22(21(15)25-17)26-18(12-24-16)14-6-2-4-8-20(14)28/h1-12,27-28H. The molecule has 0 aliphatic rings. The number of phenolic OH excluding ortho intramolecular Hbond substituents is 2. The van der Waals surface area contributed by atoms with Crippen LogP contribution in [0.25, 0.3) is 44.6 Å². The van der Waals surface area contributed by atoms with Gasteiger partial charge in [0, 0.05) is 11.1 Å². The molecule has 0 aliphatic carbocycles. The summed E-state index contributed by atoms with van der Waals surface area (Å²) in [5.74, 6) is 0.273. The molecule has 134 valence electrons. The Morgan fingerprint density at radius 2 is 0.964 bits per heavy atom. The normalized spacial score (nSPS) is 11.1. The van der Waals surface area contributed by atoms with Crippen LogP contribution in [-0.4, -0.2) is 30.1 Å². The third kappa shape index (κ3) is 2.59. The second-order valence-electron chi connectivity index (χ2n) is 6.35. The van der Waals surface area contributed by atoms with Crippen molar-refractivity contribution in [2.24, 2.45) is 0 Å². The molecule has 0 aliphatic heterocycles. The molecule has 2 heterocycles. The van der Waals surface area contributed by atoms with Gasteiger partial charge in [0.1, 0.15) is 22.5 Å². The van der Waals surface area contributed by atoms with Crippen molar-refractivity contribution in [1.29, 1.82) is 0 Å². The van der Waals surface area contributed by atoms with Gasteiger partial charge in [0.15, 0.2) is 0 Å². The predicted molar refractivity (Wildman–Crippen MR) is 107 cm³/mol. The van der Waals surface area contributed by atoms with Crippen molar-refractivity contribution < 1.29 is 10.2 Å². The Kier molecular flexibility index (Phi) is 3.62. The molecular weight excluding hydrogens is 352 g/mol. The van der Waals surface area contributed by atoms with E-state index in [1.54, 1.807) is 48.8 Å². The first-order chi connectivity index (χ1) is 13.7. The highest BCUT2D eigenvalue weighted by Crippen LogP contribution is 2.31. The van der Waals surface area contributed by atoms with E-state index in [1.165, 1.54) is 0 Å². The molecule has 5 rings (SSSR count). The molecule has 28 heavy (non-hydrogen) atoms. The smallest absolute Gasteiger partial charge is 0.125 e. The highest BCUT2D eigenvalue weighted by molar-refractivity contribution is 6.01. The molecule has 0 fully saturated rings. The third-order valence-electron chi connectivity index (χ3n) is 4.58. The summed E-state index contributed by atoms with van der Waals surface area (Å²) in [5.41, 5.74) is 4.81. The number of fused-ring (bicyclic) bond motifs is 3. The van der Waals surface area contributed by atoms with E-state index in [-0.39, 0.29) is 11.5 Å². The highest BCUT2D eigenvalue weighted by atomic mass is 16.3. The Labute approximate surface area is 159 Å². The summed E-state index contributed by atoms with van der Waals surface area (Å²) in [7, 11) is 0. The minimum atomic E-state index is 0.136. The van der Waals surface area contributed by atoms with Gasteiger partial charge in [-0.05, 0) is 36.4 Å². The fourth-order valence-electron chi connectivity index (χ4n) is 3.19. The number of aromatic nitrogens is 4. The number of hydrogen-bond donors (Lipinski definition) is 2. The number of hydrogen-bond acceptors (Lipinski definition) is 6. The molecule has 0 amide bonds. The number of benzene rings is 3. The summed E-state index contributed by atoms with van der Waals surface area (Å²) < 4.78 is 0. The molecule has 0 saturated heterocycles. The Hall–Kier alpha value is -4.06. The van der Waals surface area contributed by atoms with Crippen LogP contribution in [0.1, 0.15) is 0 Å². The quantitative estimate of drug-likeness (QED) is 0.452. The number of phenols is 2. The number of nitrogens with zero attached hydrogens (tertiary/aromatic N) is 4. The average molecular weight is 366 g/mol. The Bertz CT molecular complexity index is 1250. The zero-order valence-electron chi connectivity index (χ0n) is 14.6. The van der Waals surface area contributed by atoms with Gasteiger partial charge in [-0.15, -0.1) is 0 Å². The molecule has 0 atom stereocenters. The van der Waals surface area contributed by atoms with Crippen LogP contribution < -0.4 is 0 Å². The van der Waals surface area contributed by atoms with E-state index in [1.807, 2.05) is 24.3 Å². The Morgan fingerprint density at radius 1 is 0.536 bits per heavy atom. The molecule has 6 nitrogen and oxygen atoms in total. The van der Waals surface area contributed by atoms with Crippen molar-refractivity contribution >= 4 is 22.1 Å². The Morgan fingerprint density at radius 3 is 1.39 bits per heavy atom. The van der Waals surface area contributed by atoms with Crippen molar-refractivity contribution in [3.05, 3.63) is 73.1 Å². The van der Waals surface area contributed by atoms with Crippen molar-refractivity contribution in [1.82, 2.24) is 19.9 Å². The van der Waals surface area contributed by atoms with E-state index in [0.29, 0.717) is 44.6 Å². The van der Waals surface area contributed by atoms with E-state index in [0.717, 1.165) is 0 Å². The van der Waals surface area contributed by atoms with Gasteiger partial charge in [-0.25, -0.2) is 9.97 Å². The molecule has 0 spiro atoms. The fraction of sp³-hybridized carbons (Fsp3) is 0. The summed E-state index contributed by atoms with van der Waals surface area (Å²) in [4.78, 5) is 18.4. The van der Waals surface area contributed by atoms with Crippen LogP contribution in [0.2, 0.25) is 0 Å². The predicted octanol–water partition coefficient (Wildman–Crippen LogP) is 4.32. The van der Waals surface area contributed by atoms with Crippen molar-refractivity contribution in [3.8, 4) is 34.0 Å². The molecule has 5 aromatic rings. The monoisotopic (exact) mass is 366 g/mol. The third-order valence-corrected chi connectivity index (χ3v) is 4.58. The van der Waals surface area contributed by atoms with Crippen molar-refractivity contribution in [3.63, 3.8) is 0 Å². The van der Waals surface area contributed by atoms with E-state index in [2.05, 4.69) is 9.97 Å². The van der Waals surface area contributed by atoms with Gasteiger partial charge in [-0.3, -0.25) is 9.97 Å². The van der Waals surface area contributed by atoms with Gasteiger partial charge < -0.3 is 10.2 Å². The fourth-order valence-corrected chi connectivity index (χ4v) is 3.19. The van der Waals surface area contributed by atoms with Crippen LogP contribution in [0.15, 0.2) is 73.1 Å². The second-order valence-corrected chi connectivity index (χ2v) is 6.35. The summed E-state index contributed by atoms with van der Waals surface area (Å²) in [6, 6.07) is 17.7. The molecule has 2 aromatic heterocycles. The SMILES string of the molecule is Oc1ccccc1-c1cnc2ccc3ncc(-c4ccccc4O)nc3c2n1. The molecule has 0 radical (unpaired) electrons. The maximum absolute atomic E-state index is 10.1. The highest BCUT2D eigenvalue weighted by Gasteiger charge is 2.13. The minimum Gasteiger partial charge on any atom is -0.507 e. The van der Waals surface area contributed by atoms with E-state index < -0.39 is 0 Å². The summed E-state index contributed by atoms with van der Waals surface area (Å²) >= 11 is 0. The van der Waals surface area contributed by atoms with E-state index in [4.69, 9.17) is 9.97 Å². The maximum atomic E-state index is 10.1. The van der Waals surface area contributed by atoms with Crippen LogP contribution >= 0.6 is 0 Å². The lowest BCUT2D eigenvalue weighted by Crippen LogP contribution is -1.94. The summed E-state index contributed by atoms with van der Waals surface area (Å²) in [6.45, 7) is 0. The van der Waals surface area contributed by atoms with Gasteiger partial charge in [0.05, 0.1) is 34.8 Å². The minimum absolute atomic E-state index is 0.136. The van der Waals surface area contributed by atoms with Crippen LogP contribution in [-0.2, 0) is 0 Å². The van der Waals surface area contributed by atoms with Crippen molar-refractivity contribution in [2.75, 3.05) is 0 Å². The zero-order chi connectivity index (χ0) is 19.1. The zero-order valence-corrected chi connectivity index (χ0v) is 14.6. The van der Waals surface area contributed by atoms with Gasteiger partial charge in [0.2, 0.25) is 0 Å². The molecule has 6 heteroatoms.